The van der Waals surface area contributed by atoms with Crippen molar-refractivity contribution in [3.05, 3.63) is 70.5 Å². The molecule has 4 aromatic rings. The van der Waals surface area contributed by atoms with E-state index in [1.165, 1.54) is 0 Å². The Balaban J connectivity index is 1.60. The van der Waals surface area contributed by atoms with E-state index in [0.717, 1.165) is 34.1 Å². The molecule has 0 amide bonds. The molecule has 3 aromatic heterocycles. The fourth-order valence-electron chi connectivity index (χ4n) is 3.28. The van der Waals surface area contributed by atoms with Gasteiger partial charge in [-0.05, 0) is 49.6 Å². The van der Waals surface area contributed by atoms with E-state index < -0.39 is 15.7 Å². The molecule has 0 unspecified atom stereocenters. The van der Waals surface area contributed by atoms with Gasteiger partial charge in [0.2, 0.25) is 0 Å². The van der Waals surface area contributed by atoms with Crippen LogP contribution in [-0.2, 0) is 20.7 Å². The van der Waals surface area contributed by atoms with Gasteiger partial charge >= 0.3 is 5.63 Å². The first-order chi connectivity index (χ1) is 13.8. The van der Waals surface area contributed by atoms with Gasteiger partial charge in [0.1, 0.15) is 11.2 Å². The molecule has 4 rings (SSSR count). The van der Waals surface area contributed by atoms with Crippen LogP contribution in [0.3, 0.4) is 0 Å². The fourth-order valence-corrected chi connectivity index (χ4v) is 3.70. The number of imidazole rings is 1. The molecule has 1 aromatic carbocycles. The normalized spacial score (nSPS) is 12.1. The Morgan fingerprint density at radius 1 is 1.14 bits per heavy atom. The minimum absolute atomic E-state index is 0.121. The van der Waals surface area contributed by atoms with Crippen LogP contribution in [0.15, 0.2) is 58.0 Å². The molecule has 0 saturated heterocycles. The molecule has 0 radical (unpaired) electrons. The summed E-state index contributed by atoms with van der Waals surface area (Å²) in [7, 11) is -3.43. The van der Waals surface area contributed by atoms with Crippen molar-refractivity contribution < 1.29 is 17.0 Å². The molecule has 7 nitrogen and oxygen atoms in total. The zero-order chi connectivity index (χ0) is 20.6. The van der Waals surface area contributed by atoms with E-state index in [1.54, 1.807) is 0 Å². The number of hydrogen-bond acceptors (Lipinski definition) is 6. The third-order valence-electron chi connectivity index (χ3n) is 4.59. The average molecular weight is 412 g/mol. The summed E-state index contributed by atoms with van der Waals surface area (Å²) >= 11 is 0. The van der Waals surface area contributed by atoms with Crippen molar-refractivity contribution in [3.8, 4) is 11.1 Å². The van der Waals surface area contributed by atoms with Crippen molar-refractivity contribution in [1.29, 1.82) is 0 Å². The summed E-state index contributed by atoms with van der Waals surface area (Å²) in [6.07, 6.45) is 5.96. The fraction of sp³-hybridized carbons (Fsp3) is 0.238. The van der Waals surface area contributed by atoms with Gasteiger partial charge in [-0.2, -0.15) is 8.42 Å². The molecular formula is C21H20N2O5S. The Morgan fingerprint density at radius 3 is 2.76 bits per heavy atom. The zero-order valence-electron chi connectivity index (χ0n) is 16.1. The van der Waals surface area contributed by atoms with Crippen molar-refractivity contribution in [1.82, 2.24) is 9.38 Å². The van der Waals surface area contributed by atoms with Crippen LogP contribution in [0, 0.1) is 6.92 Å². The first-order valence-corrected chi connectivity index (χ1v) is 11.0. The first-order valence-electron chi connectivity index (χ1n) is 9.15. The zero-order valence-corrected chi connectivity index (χ0v) is 16.9. The van der Waals surface area contributed by atoms with Gasteiger partial charge in [-0.15, -0.1) is 0 Å². The van der Waals surface area contributed by atoms with Crippen molar-refractivity contribution in [2.24, 2.45) is 0 Å². The summed E-state index contributed by atoms with van der Waals surface area (Å²) in [6, 6.07) is 11.2. The second kappa shape index (κ2) is 7.46. The van der Waals surface area contributed by atoms with Crippen molar-refractivity contribution in [2.75, 3.05) is 12.9 Å². The van der Waals surface area contributed by atoms with Gasteiger partial charge in [-0.1, -0.05) is 12.1 Å². The lowest BCUT2D eigenvalue weighted by Crippen LogP contribution is -2.05. The Morgan fingerprint density at radius 2 is 1.97 bits per heavy atom. The van der Waals surface area contributed by atoms with E-state index >= 15 is 0 Å². The van der Waals surface area contributed by atoms with Gasteiger partial charge in [0.15, 0.2) is 0 Å². The van der Waals surface area contributed by atoms with Gasteiger partial charge < -0.3 is 8.82 Å². The van der Waals surface area contributed by atoms with E-state index in [9.17, 15) is 13.2 Å². The highest BCUT2D eigenvalue weighted by Crippen LogP contribution is 2.23. The Bertz CT molecular complexity index is 1370. The lowest BCUT2D eigenvalue weighted by Gasteiger charge is -2.06. The van der Waals surface area contributed by atoms with Gasteiger partial charge in [0.25, 0.3) is 10.1 Å². The number of aromatic nitrogens is 2. The van der Waals surface area contributed by atoms with Crippen molar-refractivity contribution >= 4 is 26.7 Å². The predicted molar refractivity (Wildman–Crippen MR) is 111 cm³/mol. The third kappa shape index (κ3) is 4.38. The molecule has 29 heavy (non-hydrogen) atoms. The SMILES string of the molecule is Cc1cn2cc(-c3cc4ccc(CCCOS(C)(=O)=O)cc4oc3=O)ccc2n1. The number of benzene rings is 1. The molecule has 0 N–H and O–H groups in total. The van der Waals surface area contributed by atoms with Crippen LogP contribution in [0.2, 0.25) is 0 Å². The van der Waals surface area contributed by atoms with E-state index in [4.69, 9.17) is 8.60 Å². The highest BCUT2D eigenvalue weighted by Gasteiger charge is 2.10. The van der Waals surface area contributed by atoms with E-state index in [2.05, 4.69) is 4.98 Å². The van der Waals surface area contributed by atoms with Crippen LogP contribution in [0.25, 0.3) is 27.7 Å². The lowest BCUT2D eigenvalue weighted by molar-refractivity contribution is 0.316. The third-order valence-corrected chi connectivity index (χ3v) is 5.18. The number of nitrogens with zero attached hydrogens (tertiary/aromatic N) is 2. The molecule has 0 bridgehead atoms. The van der Waals surface area contributed by atoms with Crippen molar-refractivity contribution in [2.45, 2.75) is 19.8 Å². The molecule has 150 valence electrons. The minimum atomic E-state index is -3.43. The molecular weight excluding hydrogens is 392 g/mol. The summed E-state index contributed by atoms with van der Waals surface area (Å²) < 4.78 is 34.2. The van der Waals surface area contributed by atoms with Crippen LogP contribution >= 0.6 is 0 Å². The molecule has 0 atom stereocenters. The molecule has 0 saturated carbocycles. The van der Waals surface area contributed by atoms with E-state index in [1.807, 2.05) is 60.1 Å². The molecule has 3 heterocycles. The van der Waals surface area contributed by atoms with E-state index in [0.29, 0.717) is 24.0 Å². The Kier molecular flexibility index (Phi) is 4.97. The van der Waals surface area contributed by atoms with Crippen LogP contribution in [0.4, 0.5) is 0 Å². The van der Waals surface area contributed by atoms with Gasteiger partial charge in [-0.25, -0.2) is 9.78 Å². The maximum Gasteiger partial charge on any atom is 0.344 e. The summed E-state index contributed by atoms with van der Waals surface area (Å²) in [5.74, 6) is 0. The largest absolute Gasteiger partial charge is 0.422 e. The Hall–Kier alpha value is -2.97. The standard InChI is InChI=1S/C21H20N2O5S/c1-14-12-23-13-17(7-8-20(23)22-14)18-11-16-6-5-15(10-19(16)28-21(18)24)4-3-9-27-29(2,25)26/h5-8,10-13H,3-4,9H2,1-2H3. The van der Waals surface area contributed by atoms with Gasteiger partial charge in [0.05, 0.1) is 24.1 Å². The summed E-state index contributed by atoms with van der Waals surface area (Å²) in [6.45, 7) is 2.04. The van der Waals surface area contributed by atoms with Crippen LogP contribution in [0.5, 0.6) is 0 Å². The molecule has 0 aliphatic rings. The maximum atomic E-state index is 12.6. The van der Waals surface area contributed by atoms with Crippen molar-refractivity contribution in [3.63, 3.8) is 0 Å². The number of rotatable bonds is 6. The molecule has 0 fully saturated rings. The quantitative estimate of drug-likeness (QED) is 0.274. The lowest BCUT2D eigenvalue weighted by atomic mass is 10.0. The Labute approximate surface area is 167 Å². The van der Waals surface area contributed by atoms with Gasteiger partial charge in [0, 0.05) is 23.3 Å². The first kappa shape index (κ1) is 19.4. The summed E-state index contributed by atoms with van der Waals surface area (Å²) in [4.78, 5) is 17.0. The number of aryl methyl sites for hydroxylation is 2. The second-order valence-electron chi connectivity index (χ2n) is 7.01. The summed E-state index contributed by atoms with van der Waals surface area (Å²) in [5.41, 5.74) is 4.00. The number of fused-ring (bicyclic) bond motifs is 2. The minimum Gasteiger partial charge on any atom is -0.422 e. The number of pyridine rings is 1. The highest BCUT2D eigenvalue weighted by molar-refractivity contribution is 7.85. The van der Waals surface area contributed by atoms with Crippen LogP contribution < -0.4 is 5.63 Å². The summed E-state index contributed by atoms with van der Waals surface area (Å²) in [5, 5.41) is 0.817. The monoisotopic (exact) mass is 412 g/mol. The molecule has 0 aliphatic heterocycles. The highest BCUT2D eigenvalue weighted by atomic mass is 32.2. The van der Waals surface area contributed by atoms with E-state index in [-0.39, 0.29) is 6.61 Å². The van der Waals surface area contributed by atoms with Crippen LogP contribution in [0.1, 0.15) is 17.7 Å². The molecule has 0 spiro atoms. The number of hydrogen-bond donors (Lipinski definition) is 0. The van der Waals surface area contributed by atoms with Crippen LogP contribution in [-0.4, -0.2) is 30.7 Å². The smallest absolute Gasteiger partial charge is 0.344 e. The predicted octanol–water partition coefficient (Wildman–Crippen LogP) is 3.32. The molecule has 8 heteroatoms. The second-order valence-corrected chi connectivity index (χ2v) is 8.66. The maximum absolute atomic E-state index is 12.6. The topological polar surface area (TPSA) is 90.9 Å². The average Bonchev–Trinajstić information content (AvgIpc) is 3.03. The van der Waals surface area contributed by atoms with Gasteiger partial charge in [-0.3, -0.25) is 4.18 Å². The molecule has 0 aliphatic carbocycles.